The molecule has 0 saturated carbocycles. The van der Waals surface area contributed by atoms with Crippen LogP contribution in [0.4, 0.5) is 0 Å². The van der Waals surface area contributed by atoms with Crippen LogP contribution < -0.4 is 4.74 Å². The van der Waals surface area contributed by atoms with Gasteiger partial charge in [-0.25, -0.2) is 0 Å². The van der Waals surface area contributed by atoms with Crippen molar-refractivity contribution >= 4 is 0 Å². The van der Waals surface area contributed by atoms with E-state index in [1.165, 1.54) is 0 Å². The summed E-state index contributed by atoms with van der Waals surface area (Å²) >= 11 is 0. The van der Waals surface area contributed by atoms with Crippen LogP contribution in [0, 0.1) is 18.3 Å². The molecule has 1 aromatic carbocycles. The van der Waals surface area contributed by atoms with E-state index in [4.69, 9.17) is 10.00 Å². The maximum Gasteiger partial charge on any atom is 0.119 e. The predicted molar refractivity (Wildman–Crippen MR) is 65.7 cm³/mol. The van der Waals surface area contributed by atoms with E-state index < -0.39 is 0 Å². The van der Waals surface area contributed by atoms with Crippen molar-refractivity contribution in [3.05, 3.63) is 47.8 Å². The monoisotopic (exact) mass is 224 g/mol. The second-order valence-electron chi connectivity index (χ2n) is 3.71. The molecule has 3 heteroatoms. The van der Waals surface area contributed by atoms with Gasteiger partial charge in [0, 0.05) is 23.5 Å². The Bertz CT molecular complexity index is 585. The zero-order valence-electron chi connectivity index (χ0n) is 9.77. The molecule has 0 fully saturated rings. The van der Waals surface area contributed by atoms with Gasteiger partial charge in [-0.2, -0.15) is 5.26 Å². The Morgan fingerprint density at radius 3 is 2.71 bits per heavy atom. The summed E-state index contributed by atoms with van der Waals surface area (Å²) in [6.45, 7) is 2.00. The number of rotatable bonds is 2. The number of aromatic nitrogens is 1. The fourth-order valence-corrected chi connectivity index (χ4v) is 1.72. The van der Waals surface area contributed by atoms with Gasteiger partial charge < -0.3 is 4.74 Å². The normalized spacial score (nSPS) is 9.71. The Labute approximate surface area is 100 Å². The van der Waals surface area contributed by atoms with Crippen molar-refractivity contribution in [2.24, 2.45) is 0 Å². The highest BCUT2D eigenvalue weighted by molar-refractivity contribution is 5.73. The first-order valence-corrected chi connectivity index (χ1v) is 5.25. The minimum absolute atomic E-state index is 0.627. The molecule has 0 spiro atoms. The van der Waals surface area contributed by atoms with Gasteiger partial charge in [-0.15, -0.1) is 0 Å². The molecular formula is C14H12N2O. The maximum atomic E-state index is 9.12. The van der Waals surface area contributed by atoms with Crippen LogP contribution in [-0.4, -0.2) is 12.1 Å². The molecule has 0 unspecified atom stereocenters. The summed E-state index contributed by atoms with van der Waals surface area (Å²) < 4.78 is 5.19. The van der Waals surface area contributed by atoms with Gasteiger partial charge in [-0.05, 0) is 36.8 Å². The fourth-order valence-electron chi connectivity index (χ4n) is 1.72. The molecule has 0 aliphatic rings. The van der Waals surface area contributed by atoms with Gasteiger partial charge in [-0.3, -0.25) is 4.98 Å². The van der Waals surface area contributed by atoms with Crippen molar-refractivity contribution in [3.8, 4) is 22.9 Å². The van der Waals surface area contributed by atoms with Gasteiger partial charge in [0.25, 0.3) is 0 Å². The van der Waals surface area contributed by atoms with Crippen LogP contribution in [0.15, 0.2) is 36.7 Å². The summed E-state index contributed by atoms with van der Waals surface area (Å²) in [6, 6.07) is 9.53. The summed E-state index contributed by atoms with van der Waals surface area (Å²) in [5.74, 6) is 0.738. The third-order valence-corrected chi connectivity index (χ3v) is 2.68. The van der Waals surface area contributed by atoms with Crippen molar-refractivity contribution in [1.82, 2.24) is 4.98 Å². The molecule has 0 N–H and O–H groups in total. The lowest BCUT2D eigenvalue weighted by Crippen LogP contribution is -1.91. The van der Waals surface area contributed by atoms with Crippen LogP contribution in [0.3, 0.4) is 0 Å². The first-order valence-electron chi connectivity index (χ1n) is 5.25. The van der Waals surface area contributed by atoms with Crippen molar-refractivity contribution in [2.75, 3.05) is 7.11 Å². The topological polar surface area (TPSA) is 45.9 Å². The van der Waals surface area contributed by atoms with Gasteiger partial charge in [0.2, 0.25) is 0 Å². The van der Waals surface area contributed by atoms with Crippen LogP contribution in [0.2, 0.25) is 0 Å². The zero-order valence-corrected chi connectivity index (χ0v) is 9.77. The zero-order chi connectivity index (χ0) is 12.3. The van der Waals surface area contributed by atoms with E-state index in [0.29, 0.717) is 5.56 Å². The molecule has 17 heavy (non-hydrogen) atoms. The maximum absolute atomic E-state index is 9.12. The summed E-state index contributed by atoms with van der Waals surface area (Å²) in [6.07, 6.45) is 3.51. The number of aryl methyl sites for hydroxylation is 1. The Morgan fingerprint density at radius 1 is 1.24 bits per heavy atom. The molecule has 2 rings (SSSR count). The summed E-state index contributed by atoms with van der Waals surface area (Å²) in [5, 5.41) is 9.12. The van der Waals surface area contributed by atoms with Crippen LogP contribution in [0.1, 0.15) is 11.1 Å². The standard InChI is InChI=1S/C14H12N2O/c1-10-5-6-16-9-14(10)13-7-12(17-2)4-3-11(13)8-15/h3-7,9H,1-2H3. The van der Waals surface area contributed by atoms with Gasteiger partial charge >= 0.3 is 0 Å². The number of hydrogen-bond donors (Lipinski definition) is 0. The molecule has 0 atom stereocenters. The molecule has 0 aliphatic carbocycles. The molecule has 3 nitrogen and oxygen atoms in total. The molecule has 2 aromatic rings. The number of benzene rings is 1. The lowest BCUT2D eigenvalue weighted by Gasteiger charge is -2.09. The third kappa shape index (κ3) is 2.11. The lowest BCUT2D eigenvalue weighted by atomic mass is 9.98. The molecule has 1 heterocycles. The van der Waals surface area contributed by atoms with Gasteiger partial charge in [-0.1, -0.05) is 0 Å². The van der Waals surface area contributed by atoms with E-state index in [0.717, 1.165) is 22.4 Å². The minimum atomic E-state index is 0.627. The quantitative estimate of drug-likeness (QED) is 0.787. The van der Waals surface area contributed by atoms with Crippen molar-refractivity contribution in [3.63, 3.8) is 0 Å². The summed E-state index contributed by atoms with van der Waals surface area (Å²) in [5.41, 5.74) is 3.53. The number of ether oxygens (including phenoxy) is 1. The first kappa shape index (κ1) is 11.2. The first-order chi connectivity index (χ1) is 8.26. The Kier molecular flexibility index (Phi) is 3.06. The van der Waals surface area contributed by atoms with E-state index in [1.807, 2.05) is 19.1 Å². The SMILES string of the molecule is COc1ccc(C#N)c(-c2cnccc2C)c1. The van der Waals surface area contributed by atoms with E-state index >= 15 is 0 Å². The average Bonchev–Trinajstić information content (AvgIpc) is 2.38. The molecular weight excluding hydrogens is 212 g/mol. The molecule has 0 saturated heterocycles. The van der Waals surface area contributed by atoms with Crippen molar-refractivity contribution in [2.45, 2.75) is 6.92 Å². The Morgan fingerprint density at radius 2 is 2.06 bits per heavy atom. The van der Waals surface area contributed by atoms with Crippen LogP contribution in [0.25, 0.3) is 11.1 Å². The second kappa shape index (κ2) is 4.67. The molecule has 1 aromatic heterocycles. The van der Waals surface area contributed by atoms with Crippen molar-refractivity contribution < 1.29 is 4.74 Å². The minimum Gasteiger partial charge on any atom is -0.497 e. The molecule has 0 aliphatic heterocycles. The predicted octanol–water partition coefficient (Wildman–Crippen LogP) is 2.94. The Balaban J connectivity index is 2.66. The van der Waals surface area contributed by atoms with E-state index in [-0.39, 0.29) is 0 Å². The van der Waals surface area contributed by atoms with Gasteiger partial charge in [0.1, 0.15) is 5.75 Å². The summed E-state index contributed by atoms with van der Waals surface area (Å²) in [7, 11) is 1.61. The second-order valence-corrected chi connectivity index (χ2v) is 3.71. The number of pyridine rings is 1. The third-order valence-electron chi connectivity index (χ3n) is 2.68. The van der Waals surface area contributed by atoms with Crippen LogP contribution in [-0.2, 0) is 0 Å². The highest BCUT2D eigenvalue weighted by Crippen LogP contribution is 2.29. The molecule has 0 radical (unpaired) electrons. The average molecular weight is 224 g/mol. The molecule has 0 bridgehead atoms. The number of nitrogens with zero attached hydrogens (tertiary/aromatic N) is 2. The van der Waals surface area contributed by atoms with Gasteiger partial charge in [0.05, 0.1) is 18.7 Å². The van der Waals surface area contributed by atoms with Crippen LogP contribution >= 0.6 is 0 Å². The van der Waals surface area contributed by atoms with Gasteiger partial charge in [0.15, 0.2) is 0 Å². The smallest absolute Gasteiger partial charge is 0.119 e. The highest BCUT2D eigenvalue weighted by Gasteiger charge is 2.08. The van der Waals surface area contributed by atoms with E-state index in [2.05, 4.69) is 11.1 Å². The lowest BCUT2D eigenvalue weighted by molar-refractivity contribution is 0.415. The largest absolute Gasteiger partial charge is 0.497 e. The number of hydrogen-bond acceptors (Lipinski definition) is 3. The number of methoxy groups -OCH3 is 1. The highest BCUT2D eigenvalue weighted by atomic mass is 16.5. The number of nitriles is 1. The van der Waals surface area contributed by atoms with E-state index in [9.17, 15) is 0 Å². The molecule has 0 amide bonds. The van der Waals surface area contributed by atoms with Crippen LogP contribution in [0.5, 0.6) is 5.75 Å². The van der Waals surface area contributed by atoms with E-state index in [1.54, 1.807) is 31.6 Å². The fraction of sp³-hybridized carbons (Fsp3) is 0.143. The van der Waals surface area contributed by atoms with Crippen molar-refractivity contribution in [1.29, 1.82) is 5.26 Å². The summed E-state index contributed by atoms with van der Waals surface area (Å²) in [4.78, 5) is 4.10. The Hall–Kier alpha value is -2.34. The molecule has 84 valence electrons.